The number of ether oxygens (including phenoxy) is 2. The van der Waals surface area contributed by atoms with Crippen molar-refractivity contribution in [1.29, 1.82) is 0 Å². The minimum atomic E-state index is 0.153. The lowest BCUT2D eigenvalue weighted by Gasteiger charge is -2.17. The van der Waals surface area contributed by atoms with Gasteiger partial charge in [-0.2, -0.15) is 0 Å². The van der Waals surface area contributed by atoms with Crippen molar-refractivity contribution in [2.24, 2.45) is 5.84 Å². The maximum Gasteiger partial charge on any atom is 0.0990 e. The van der Waals surface area contributed by atoms with Gasteiger partial charge in [0.15, 0.2) is 0 Å². The first-order valence-electron chi connectivity index (χ1n) is 4.50. The molecule has 0 aromatic heterocycles. The Morgan fingerprint density at radius 1 is 1.17 bits per heavy atom. The predicted molar refractivity (Wildman–Crippen MR) is 46.6 cm³/mol. The third kappa shape index (κ3) is 2.42. The Morgan fingerprint density at radius 2 is 1.58 bits per heavy atom. The first kappa shape index (κ1) is 9.92. The summed E-state index contributed by atoms with van der Waals surface area (Å²) < 4.78 is 11.0. The Morgan fingerprint density at radius 3 is 1.92 bits per heavy atom. The standard InChI is InChI=1S/C8H18N2O2/c1-3-11-7-5-10(9)6-8(7)12-4-2/h7-8H,3-6,9H2,1-2H3/t7-,8-/m1/s1. The van der Waals surface area contributed by atoms with E-state index >= 15 is 0 Å². The summed E-state index contributed by atoms with van der Waals surface area (Å²) in [6, 6.07) is 0. The van der Waals surface area contributed by atoms with Gasteiger partial charge in [-0.15, -0.1) is 0 Å². The highest BCUT2D eigenvalue weighted by Crippen LogP contribution is 2.13. The molecule has 0 unspecified atom stereocenters. The van der Waals surface area contributed by atoms with Crippen LogP contribution in [0.15, 0.2) is 0 Å². The van der Waals surface area contributed by atoms with E-state index in [4.69, 9.17) is 15.3 Å². The summed E-state index contributed by atoms with van der Waals surface area (Å²) in [6.07, 6.45) is 0.305. The molecule has 1 rings (SSSR count). The minimum absolute atomic E-state index is 0.153. The molecular weight excluding hydrogens is 156 g/mol. The average Bonchev–Trinajstić information content (AvgIpc) is 2.33. The van der Waals surface area contributed by atoms with Crippen LogP contribution in [-0.2, 0) is 9.47 Å². The van der Waals surface area contributed by atoms with Gasteiger partial charge in [-0.05, 0) is 13.8 Å². The molecule has 4 nitrogen and oxygen atoms in total. The quantitative estimate of drug-likeness (QED) is 0.609. The average molecular weight is 174 g/mol. The molecule has 0 aliphatic carbocycles. The van der Waals surface area contributed by atoms with E-state index in [1.165, 1.54) is 0 Å². The molecule has 4 heteroatoms. The summed E-state index contributed by atoms with van der Waals surface area (Å²) in [5.74, 6) is 5.65. The number of hydrogen-bond donors (Lipinski definition) is 1. The first-order valence-corrected chi connectivity index (χ1v) is 4.50. The summed E-state index contributed by atoms with van der Waals surface area (Å²) in [5.41, 5.74) is 0. The second-order valence-corrected chi connectivity index (χ2v) is 2.94. The van der Waals surface area contributed by atoms with Crippen LogP contribution in [0.4, 0.5) is 0 Å². The van der Waals surface area contributed by atoms with Gasteiger partial charge in [-0.1, -0.05) is 0 Å². The molecule has 0 spiro atoms. The Bertz CT molecular complexity index is 118. The van der Waals surface area contributed by atoms with Crippen LogP contribution in [0.2, 0.25) is 0 Å². The van der Waals surface area contributed by atoms with E-state index < -0.39 is 0 Å². The van der Waals surface area contributed by atoms with E-state index in [9.17, 15) is 0 Å². The van der Waals surface area contributed by atoms with Gasteiger partial charge in [0, 0.05) is 26.3 Å². The van der Waals surface area contributed by atoms with Crippen LogP contribution in [0, 0.1) is 0 Å². The van der Waals surface area contributed by atoms with Crippen LogP contribution in [0.25, 0.3) is 0 Å². The Hall–Kier alpha value is -0.160. The fraction of sp³-hybridized carbons (Fsp3) is 1.00. The van der Waals surface area contributed by atoms with Gasteiger partial charge in [-0.25, -0.2) is 5.01 Å². The van der Waals surface area contributed by atoms with Gasteiger partial charge < -0.3 is 9.47 Å². The zero-order valence-electron chi connectivity index (χ0n) is 7.82. The summed E-state index contributed by atoms with van der Waals surface area (Å²) in [7, 11) is 0. The number of nitrogens with zero attached hydrogens (tertiary/aromatic N) is 1. The van der Waals surface area contributed by atoms with Gasteiger partial charge in [0.25, 0.3) is 0 Å². The van der Waals surface area contributed by atoms with Crippen molar-refractivity contribution in [1.82, 2.24) is 5.01 Å². The molecule has 1 aliphatic rings. The Kier molecular flexibility index (Phi) is 3.94. The lowest BCUT2D eigenvalue weighted by atomic mass is 10.2. The summed E-state index contributed by atoms with van der Waals surface area (Å²) >= 11 is 0. The van der Waals surface area contributed by atoms with E-state index in [1.54, 1.807) is 5.01 Å². The minimum Gasteiger partial charge on any atom is -0.374 e. The van der Waals surface area contributed by atoms with Gasteiger partial charge in [-0.3, -0.25) is 5.84 Å². The molecule has 1 heterocycles. The fourth-order valence-electron chi connectivity index (χ4n) is 1.52. The number of nitrogens with two attached hydrogens (primary N) is 1. The molecule has 2 atom stereocenters. The highest BCUT2D eigenvalue weighted by molar-refractivity contribution is 4.83. The number of rotatable bonds is 4. The molecule has 0 radical (unpaired) electrons. The van der Waals surface area contributed by atoms with E-state index in [-0.39, 0.29) is 12.2 Å². The third-order valence-corrected chi connectivity index (χ3v) is 2.01. The molecule has 72 valence electrons. The highest BCUT2D eigenvalue weighted by atomic mass is 16.5. The Balaban J connectivity index is 2.36. The van der Waals surface area contributed by atoms with Crippen molar-refractivity contribution in [3.63, 3.8) is 0 Å². The van der Waals surface area contributed by atoms with Gasteiger partial charge >= 0.3 is 0 Å². The molecule has 1 aliphatic heterocycles. The normalized spacial score (nSPS) is 31.2. The summed E-state index contributed by atoms with van der Waals surface area (Å²) in [4.78, 5) is 0. The van der Waals surface area contributed by atoms with Crippen LogP contribution in [0.3, 0.4) is 0 Å². The maximum atomic E-state index is 5.65. The molecule has 1 fully saturated rings. The van der Waals surface area contributed by atoms with Crippen LogP contribution in [-0.4, -0.2) is 43.5 Å². The number of hydrogen-bond acceptors (Lipinski definition) is 4. The topological polar surface area (TPSA) is 47.7 Å². The SMILES string of the molecule is CCO[C@@H]1CN(N)C[C@H]1OCC. The molecule has 0 saturated carbocycles. The monoisotopic (exact) mass is 174 g/mol. The second-order valence-electron chi connectivity index (χ2n) is 2.94. The third-order valence-electron chi connectivity index (χ3n) is 2.01. The lowest BCUT2D eigenvalue weighted by Crippen LogP contribution is -2.29. The molecule has 1 saturated heterocycles. The zero-order valence-corrected chi connectivity index (χ0v) is 7.82. The van der Waals surface area contributed by atoms with Gasteiger partial charge in [0.2, 0.25) is 0 Å². The van der Waals surface area contributed by atoms with Crippen LogP contribution in [0.5, 0.6) is 0 Å². The zero-order chi connectivity index (χ0) is 8.97. The van der Waals surface area contributed by atoms with Crippen LogP contribution in [0.1, 0.15) is 13.8 Å². The van der Waals surface area contributed by atoms with Crippen molar-refractivity contribution in [2.45, 2.75) is 26.1 Å². The first-order chi connectivity index (χ1) is 5.77. The summed E-state index contributed by atoms with van der Waals surface area (Å²) in [6.45, 7) is 6.98. The van der Waals surface area contributed by atoms with E-state index in [0.29, 0.717) is 0 Å². The Labute approximate surface area is 73.6 Å². The van der Waals surface area contributed by atoms with Gasteiger partial charge in [0.05, 0.1) is 12.2 Å². The highest BCUT2D eigenvalue weighted by Gasteiger charge is 2.32. The van der Waals surface area contributed by atoms with E-state index in [2.05, 4.69) is 0 Å². The molecule has 12 heavy (non-hydrogen) atoms. The van der Waals surface area contributed by atoms with Crippen LogP contribution < -0.4 is 5.84 Å². The molecule has 0 aromatic carbocycles. The van der Waals surface area contributed by atoms with Crippen molar-refractivity contribution in [3.05, 3.63) is 0 Å². The van der Waals surface area contributed by atoms with Crippen molar-refractivity contribution in [2.75, 3.05) is 26.3 Å². The smallest absolute Gasteiger partial charge is 0.0990 e. The largest absolute Gasteiger partial charge is 0.374 e. The molecule has 2 N–H and O–H groups in total. The molecular formula is C8H18N2O2. The van der Waals surface area contributed by atoms with E-state index in [1.807, 2.05) is 13.8 Å². The second kappa shape index (κ2) is 4.77. The molecule has 0 aromatic rings. The van der Waals surface area contributed by atoms with Crippen molar-refractivity contribution >= 4 is 0 Å². The molecule has 0 amide bonds. The fourth-order valence-corrected chi connectivity index (χ4v) is 1.52. The lowest BCUT2D eigenvalue weighted by molar-refractivity contribution is -0.0388. The predicted octanol–water partition coefficient (Wildman–Crippen LogP) is -0.0141. The van der Waals surface area contributed by atoms with Gasteiger partial charge in [0.1, 0.15) is 0 Å². The van der Waals surface area contributed by atoms with Crippen molar-refractivity contribution < 1.29 is 9.47 Å². The maximum absolute atomic E-state index is 5.65. The molecule has 0 bridgehead atoms. The number of hydrazine groups is 1. The van der Waals surface area contributed by atoms with E-state index in [0.717, 1.165) is 26.3 Å². The van der Waals surface area contributed by atoms with Crippen molar-refractivity contribution in [3.8, 4) is 0 Å². The van der Waals surface area contributed by atoms with Crippen LogP contribution >= 0.6 is 0 Å². The summed E-state index contributed by atoms with van der Waals surface area (Å²) in [5, 5.41) is 1.75.